The van der Waals surface area contributed by atoms with Crippen LogP contribution in [0.4, 0.5) is 0 Å². The summed E-state index contributed by atoms with van der Waals surface area (Å²) < 4.78 is 1.06. The molecule has 0 saturated heterocycles. The maximum atomic E-state index is 12.5. The zero-order chi connectivity index (χ0) is 14.6. The Bertz CT molecular complexity index is 425. The molecule has 2 nitrogen and oxygen atoms in total. The molecule has 1 aromatic carbocycles. The Hall–Kier alpha value is -0.480. The van der Waals surface area contributed by atoms with E-state index < -0.39 is 0 Å². The van der Waals surface area contributed by atoms with Crippen molar-refractivity contribution in [3.05, 3.63) is 28.7 Å². The molecule has 1 atom stereocenters. The maximum Gasteiger partial charge on any atom is 0.236 e. The van der Waals surface area contributed by atoms with Crippen molar-refractivity contribution in [3.8, 4) is 0 Å². The summed E-state index contributed by atoms with van der Waals surface area (Å²) in [6, 6.07) is 8.07. The molecule has 4 heteroatoms. The van der Waals surface area contributed by atoms with E-state index in [9.17, 15) is 4.79 Å². The van der Waals surface area contributed by atoms with Gasteiger partial charge in [-0.1, -0.05) is 15.9 Å². The first-order chi connectivity index (χ1) is 8.75. The number of hydrogen-bond donors (Lipinski definition) is 0. The van der Waals surface area contributed by atoms with Crippen molar-refractivity contribution >= 4 is 33.6 Å². The summed E-state index contributed by atoms with van der Waals surface area (Å²) in [5, 5.41) is -0.0691. The minimum atomic E-state index is -0.125. The SMILES string of the molecule is CCN(C(=O)C(C)Sc1ccc(Br)cc1)C(C)(C)C. The molecule has 0 aliphatic rings. The molecule has 0 aromatic heterocycles. The quantitative estimate of drug-likeness (QED) is 0.746. The lowest BCUT2D eigenvalue weighted by atomic mass is 10.1. The number of halogens is 1. The van der Waals surface area contributed by atoms with Gasteiger partial charge in [0.1, 0.15) is 0 Å². The maximum absolute atomic E-state index is 12.5. The second kappa shape index (κ2) is 6.80. The van der Waals surface area contributed by atoms with E-state index in [1.165, 1.54) is 0 Å². The summed E-state index contributed by atoms with van der Waals surface area (Å²) in [5.41, 5.74) is -0.125. The van der Waals surface area contributed by atoms with Gasteiger partial charge in [0.2, 0.25) is 5.91 Å². The fraction of sp³-hybridized carbons (Fsp3) is 0.533. The van der Waals surface area contributed by atoms with Gasteiger partial charge in [0.25, 0.3) is 0 Å². The van der Waals surface area contributed by atoms with Gasteiger partial charge in [-0.25, -0.2) is 0 Å². The summed E-state index contributed by atoms with van der Waals surface area (Å²) in [6.07, 6.45) is 0. The normalized spacial score (nSPS) is 13.2. The third kappa shape index (κ3) is 4.84. The minimum Gasteiger partial charge on any atom is -0.337 e. The molecule has 0 aliphatic carbocycles. The summed E-state index contributed by atoms with van der Waals surface area (Å²) in [5.74, 6) is 0.197. The Balaban J connectivity index is 2.74. The van der Waals surface area contributed by atoms with Crippen LogP contribution in [-0.2, 0) is 4.79 Å². The summed E-state index contributed by atoms with van der Waals surface area (Å²) in [4.78, 5) is 15.5. The van der Waals surface area contributed by atoms with Crippen molar-refractivity contribution in [2.24, 2.45) is 0 Å². The zero-order valence-electron chi connectivity index (χ0n) is 12.2. The van der Waals surface area contributed by atoms with Crippen molar-refractivity contribution in [3.63, 3.8) is 0 Å². The molecule has 19 heavy (non-hydrogen) atoms. The first-order valence-corrected chi connectivity index (χ1v) is 8.16. The summed E-state index contributed by atoms with van der Waals surface area (Å²) in [6.45, 7) is 11.0. The molecular weight excluding hydrogens is 322 g/mol. The van der Waals surface area contributed by atoms with Crippen LogP contribution >= 0.6 is 27.7 Å². The Morgan fingerprint density at radius 2 is 1.84 bits per heavy atom. The van der Waals surface area contributed by atoms with Crippen LogP contribution in [0.1, 0.15) is 34.6 Å². The topological polar surface area (TPSA) is 20.3 Å². The third-order valence-electron chi connectivity index (χ3n) is 2.87. The number of rotatable bonds is 4. The highest BCUT2D eigenvalue weighted by atomic mass is 79.9. The second-order valence-corrected chi connectivity index (χ2v) is 7.80. The van der Waals surface area contributed by atoms with Crippen LogP contribution in [0.3, 0.4) is 0 Å². The van der Waals surface area contributed by atoms with Gasteiger partial charge in [-0.15, -0.1) is 11.8 Å². The zero-order valence-corrected chi connectivity index (χ0v) is 14.6. The predicted molar refractivity (Wildman–Crippen MR) is 86.6 cm³/mol. The van der Waals surface area contributed by atoms with Gasteiger partial charge in [0.05, 0.1) is 5.25 Å². The van der Waals surface area contributed by atoms with Gasteiger partial charge < -0.3 is 4.90 Å². The molecular formula is C15H22BrNOS. The van der Waals surface area contributed by atoms with E-state index in [0.717, 1.165) is 15.9 Å². The molecule has 0 spiro atoms. The van der Waals surface area contributed by atoms with E-state index in [1.54, 1.807) is 11.8 Å². The first kappa shape index (κ1) is 16.6. The standard InChI is InChI=1S/C15H22BrNOS/c1-6-17(15(3,4)5)14(18)11(2)19-13-9-7-12(16)8-10-13/h7-11H,6H2,1-5H3. The predicted octanol–water partition coefficient (Wildman–Crippen LogP) is 4.58. The van der Waals surface area contributed by atoms with E-state index in [2.05, 4.69) is 36.7 Å². The molecule has 1 aromatic rings. The minimum absolute atomic E-state index is 0.0691. The van der Waals surface area contributed by atoms with E-state index in [4.69, 9.17) is 0 Å². The van der Waals surface area contributed by atoms with E-state index in [1.807, 2.05) is 43.0 Å². The molecule has 1 rings (SSSR count). The van der Waals surface area contributed by atoms with Crippen LogP contribution in [0.15, 0.2) is 33.6 Å². The Morgan fingerprint density at radius 3 is 2.26 bits per heavy atom. The van der Waals surface area contributed by atoms with Crippen LogP contribution in [0.25, 0.3) is 0 Å². The molecule has 0 heterocycles. The highest BCUT2D eigenvalue weighted by molar-refractivity contribution is 9.10. The fourth-order valence-electron chi connectivity index (χ4n) is 1.95. The monoisotopic (exact) mass is 343 g/mol. The Morgan fingerprint density at radius 1 is 1.32 bits per heavy atom. The van der Waals surface area contributed by atoms with E-state index in [0.29, 0.717) is 0 Å². The van der Waals surface area contributed by atoms with Gasteiger partial charge in [0, 0.05) is 21.5 Å². The van der Waals surface area contributed by atoms with Crippen LogP contribution < -0.4 is 0 Å². The van der Waals surface area contributed by atoms with Gasteiger partial charge in [0.15, 0.2) is 0 Å². The number of hydrogen-bond acceptors (Lipinski definition) is 2. The summed E-state index contributed by atoms with van der Waals surface area (Å²) in [7, 11) is 0. The molecule has 0 saturated carbocycles. The number of carbonyl (C=O) groups is 1. The van der Waals surface area contributed by atoms with Crippen LogP contribution in [-0.4, -0.2) is 28.1 Å². The average Bonchev–Trinajstić information content (AvgIpc) is 2.31. The number of nitrogens with zero attached hydrogens (tertiary/aromatic N) is 1. The van der Waals surface area contributed by atoms with Crippen LogP contribution in [0.5, 0.6) is 0 Å². The van der Waals surface area contributed by atoms with Gasteiger partial charge in [-0.05, 0) is 58.9 Å². The molecule has 0 radical (unpaired) electrons. The number of amides is 1. The van der Waals surface area contributed by atoms with Crippen LogP contribution in [0.2, 0.25) is 0 Å². The molecule has 0 bridgehead atoms. The van der Waals surface area contributed by atoms with Gasteiger partial charge >= 0.3 is 0 Å². The molecule has 0 fully saturated rings. The lowest BCUT2D eigenvalue weighted by Crippen LogP contribution is -2.48. The van der Waals surface area contributed by atoms with E-state index >= 15 is 0 Å². The van der Waals surface area contributed by atoms with Crippen molar-refractivity contribution in [2.75, 3.05) is 6.54 Å². The molecule has 0 aliphatic heterocycles. The smallest absolute Gasteiger partial charge is 0.236 e. The number of benzene rings is 1. The number of carbonyl (C=O) groups excluding carboxylic acids is 1. The molecule has 1 amide bonds. The third-order valence-corrected chi connectivity index (χ3v) is 4.49. The van der Waals surface area contributed by atoms with Gasteiger partial charge in [-0.3, -0.25) is 4.79 Å². The highest BCUT2D eigenvalue weighted by Gasteiger charge is 2.28. The first-order valence-electron chi connectivity index (χ1n) is 6.49. The average molecular weight is 344 g/mol. The van der Waals surface area contributed by atoms with Gasteiger partial charge in [-0.2, -0.15) is 0 Å². The molecule has 106 valence electrons. The van der Waals surface area contributed by atoms with Crippen molar-refractivity contribution in [1.29, 1.82) is 0 Å². The number of thioether (sulfide) groups is 1. The largest absolute Gasteiger partial charge is 0.337 e. The Kier molecular flexibility index (Phi) is 5.93. The molecule has 1 unspecified atom stereocenters. The van der Waals surface area contributed by atoms with Crippen molar-refractivity contribution < 1.29 is 4.79 Å². The highest BCUT2D eigenvalue weighted by Crippen LogP contribution is 2.27. The molecule has 0 N–H and O–H groups in total. The van der Waals surface area contributed by atoms with Crippen molar-refractivity contribution in [1.82, 2.24) is 4.90 Å². The Labute approximate surface area is 129 Å². The van der Waals surface area contributed by atoms with E-state index in [-0.39, 0.29) is 16.7 Å². The summed E-state index contributed by atoms with van der Waals surface area (Å²) >= 11 is 5.02. The second-order valence-electron chi connectivity index (χ2n) is 5.47. The lowest BCUT2D eigenvalue weighted by Gasteiger charge is -2.36. The fourth-order valence-corrected chi connectivity index (χ4v) is 3.14. The van der Waals surface area contributed by atoms with Crippen LogP contribution in [0, 0.1) is 0 Å². The lowest BCUT2D eigenvalue weighted by molar-refractivity contribution is -0.134. The van der Waals surface area contributed by atoms with Crippen molar-refractivity contribution in [2.45, 2.75) is 50.3 Å².